The Labute approximate surface area is 112 Å². The Morgan fingerprint density at radius 1 is 1.37 bits per heavy atom. The molecular weight excluding hydrogens is 240 g/mol. The van der Waals surface area contributed by atoms with E-state index >= 15 is 0 Å². The maximum atomic E-state index is 12.8. The average Bonchev–Trinajstić information content (AvgIpc) is 2.84. The molecule has 1 amide bonds. The second-order valence-electron chi connectivity index (χ2n) is 6.25. The topological polar surface area (TPSA) is 61.0 Å². The molecule has 3 aliphatic rings. The van der Waals surface area contributed by atoms with Gasteiger partial charge in [0.05, 0.1) is 11.2 Å². The summed E-state index contributed by atoms with van der Waals surface area (Å²) in [5.74, 6) is 1.03. The normalized spacial score (nSPS) is 29.6. The molecule has 4 rings (SSSR count). The van der Waals surface area contributed by atoms with Crippen molar-refractivity contribution in [2.45, 2.75) is 50.2 Å². The van der Waals surface area contributed by atoms with Crippen molar-refractivity contribution in [1.29, 1.82) is 0 Å². The van der Waals surface area contributed by atoms with Crippen molar-refractivity contribution in [3.05, 3.63) is 18.0 Å². The van der Waals surface area contributed by atoms with Gasteiger partial charge in [-0.1, -0.05) is 12.8 Å². The molecule has 1 aromatic rings. The predicted octanol–water partition coefficient (Wildman–Crippen LogP) is 1.56. The van der Waals surface area contributed by atoms with Gasteiger partial charge in [-0.25, -0.2) is 0 Å². The number of nitrogens with zero attached hydrogens (tertiary/aromatic N) is 2. The van der Waals surface area contributed by atoms with Crippen LogP contribution in [0, 0.1) is 5.92 Å². The van der Waals surface area contributed by atoms with Gasteiger partial charge in [0, 0.05) is 12.7 Å². The highest BCUT2D eigenvalue weighted by Crippen LogP contribution is 2.42. The van der Waals surface area contributed by atoms with Crippen molar-refractivity contribution < 1.29 is 4.79 Å². The minimum atomic E-state index is -0.287. The summed E-state index contributed by atoms with van der Waals surface area (Å²) in [6.07, 6.45) is 8.58. The lowest BCUT2D eigenvalue weighted by atomic mass is 9.98. The fraction of sp³-hybridized carbons (Fsp3) is 0.714. The number of carbonyl (C=O) groups excluding carboxylic acids is 1. The minimum Gasteiger partial charge on any atom is -0.320 e. The fourth-order valence-electron chi connectivity index (χ4n) is 3.56. The summed E-state index contributed by atoms with van der Waals surface area (Å²) in [4.78, 5) is 14.9. The first kappa shape index (κ1) is 11.5. The molecule has 19 heavy (non-hydrogen) atoms. The number of H-pyrrole nitrogens is 1. The van der Waals surface area contributed by atoms with Crippen LogP contribution in [0.2, 0.25) is 0 Å². The number of rotatable bonds is 3. The molecule has 2 heterocycles. The zero-order valence-electron chi connectivity index (χ0n) is 11.1. The SMILES string of the molecule is O=C1N(CC2CC2)[C@@H](c2ccn[nH]2)NC12CCCC2. The number of aromatic amines is 1. The molecule has 5 heteroatoms. The molecule has 102 valence electrons. The highest BCUT2D eigenvalue weighted by Gasteiger charge is 2.53. The van der Waals surface area contributed by atoms with Crippen molar-refractivity contribution >= 4 is 5.91 Å². The maximum absolute atomic E-state index is 12.8. The largest absolute Gasteiger partial charge is 0.320 e. The summed E-state index contributed by atoms with van der Waals surface area (Å²) >= 11 is 0. The molecule has 5 nitrogen and oxygen atoms in total. The fourth-order valence-corrected chi connectivity index (χ4v) is 3.56. The summed E-state index contributed by atoms with van der Waals surface area (Å²) < 4.78 is 0. The Balaban J connectivity index is 1.65. The predicted molar refractivity (Wildman–Crippen MR) is 70.1 cm³/mol. The quantitative estimate of drug-likeness (QED) is 0.867. The minimum absolute atomic E-state index is 0.00583. The van der Waals surface area contributed by atoms with E-state index in [2.05, 4.69) is 20.4 Å². The van der Waals surface area contributed by atoms with Crippen molar-refractivity contribution in [3.8, 4) is 0 Å². The Morgan fingerprint density at radius 3 is 2.79 bits per heavy atom. The standard InChI is InChI=1S/C14H20N4O/c19-13-14(6-1-2-7-14)16-12(11-5-8-15-17-11)18(13)9-10-3-4-10/h5,8,10,12,16H,1-4,6-7,9H2,(H,15,17)/t12-/m0/s1. The molecule has 0 aromatic carbocycles. The Kier molecular flexibility index (Phi) is 2.45. The van der Waals surface area contributed by atoms with E-state index in [0.29, 0.717) is 11.8 Å². The molecule has 1 aromatic heterocycles. The van der Waals surface area contributed by atoms with E-state index in [1.54, 1.807) is 6.20 Å². The summed E-state index contributed by atoms with van der Waals surface area (Å²) in [7, 11) is 0. The first-order valence-electron chi connectivity index (χ1n) is 7.37. The van der Waals surface area contributed by atoms with Gasteiger partial charge < -0.3 is 4.90 Å². The van der Waals surface area contributed by atoms with Gasteiger partial charge in [-0.2, -0.15) is 5.10 Å². The molecule has 0 bridgehead atoms. The second kappa shape index (κ2) is 4.07. The van der Waals surface area contributed by atoms with E-state index < -0.39 is 0 Å². The molecule has 1 aliphatic heterocycles. The smallest absolute Gasteiger partial charge is 0.244 e. The van der Waals surface area contributed by atoms with Gasteiger partial charge in [0.15, 0.2) is 0 Å². The first-order chi connectivity index (χ1) is 9.28. The van der Waals surface area contributed by atoms with Crippen LogP contribution in [0.15, 0.2) is 12.3 Å². The highest BCUT2D eigenvalue weighted by molar-refractivity contribution is 5.89. The van der Waals surface area contributed by atoms with Crippen molar-refractivity contribution in [2.24, 2.45) is 5.92 Å². The number of amides is 1. The molecule has 2 aliphatic carbocycles. The lowest BCUT2D eigenvalue weighted by Gasteiger charge is -2.23. The molecule has 0 unspecified atom stereocenters. The summed E-state index contributed by atoms with van der Waals surface area (Å²) in [5, 5.41) is 10.7. The van der Waals surface area contributed by atoms with Gasteiger partial charge in [0.1, 0.15) is 6.17 Å². The van der Waals surface area contributed by atoms with Gasteiger partial charge >= 0.3 is 0 Å². The molecule has 1 atom stereocenters. The van der Waals surface area contributed by atoms with Crippen LogP contribution in [-0.2, 0) is 4.79 Å². The number of hydrogen-bond acceptors (Lipinski definition) is 3. The number of carbonyl (C=O) groups is 1. The van der Waals surface area contributed by atoms with Crippen molar-refractivity contribution in [3.63, 3.8) is 0 Å². The third kappa shape index (κ3) is 1.79. The monoisotopic (exact) mass is 260 g/mol. The number of hydrogen-bond donors (Lipinski definition) is 2. The molecule has 2 N–H and O–H groups in total. The molecule has 2 saturated carbocycles. The van der Waals surface area contributed by atoms with Crippen LogP contribution in [0.25, 0.3) is 0 Å². The van der Waals surface area contributed by atoms with Crippen LogP contribution in [0.3, 0.4) is 0 Å². The summed E-state index contributed by atoms with van der Waals surface area (Å²) in [6.45, 7) is 0.900. The zero-order chi connectivity index (χ0) is 12.9. The van der Waals surface area contributed by atoms with Crippen LogP contribution in [0.5, 0.6) is 0 Å². The molecule has 3 fully saturated rings. The highest BCUT2D eigenvalue weighted by atomic mass is 16.2. The lowest BCUT2D eigenvalue weighted by Crippen LogP contribution is -2.44. The molecular formula is C14H20N4O. The molecule has 1 spiro atoms. The van der Waals surface area contributed by atoms with Gasteiger partial charge in [-0.15, -0.1) is 0 Å². The zero-order valence-corrected chi connectivity index (χ0v) is 11.1. The first-order valence-corrected chi connectivity index (χ1v) is 7.37. The Morgan fingerprint density at radius 2 is 2.16 bits per heavy atom. The van der Waals surface area contributed by atoms with Crippen LogP contribution in [-0.4, -0.2) is 33.1 Å². The van der Waals surface area contributed by atoms with Gasteiger partial charge in [0.25, 0.3) is 0 Å². The van der Waals surface area contributed by atoms with Gasteiger partial charge in [0.2, 0.25) is 5.91 Å². The second-order valence-corrected chi connectivity index (χ2v) is 6.25. The summed E-state index contributed by atoms with van der Waals surface area (Å²) in [5.41, 5.74) is 0.725. The van der Waals surface area contributed by atoms with E-state index in [-0.39, 0.29) is 11.7 Å². The van der Waals surface area contributed by atoms with E-state index in [1.807, 2.05) is 6.07 Å². The van der Waals surface area contributed by atoms with Crippen LogP contribution < -0.4 is 5.32 Å². The average molecular weight is 260 g/mol. The third-order valence-corrected chi connectivity index (χ3v) is 4.82. The van der Waals surface area contributed by atoms with E-state index in [4.69, 9.17) is 0 Å². The number of aromatic nitrogens is 2. The van der Waals surface area contributed by atoms with Gasteiger partial charge in [-0.05, 0) is 37.7 Å². The lowest BCUT2D eigenvalue weighted by molar-refractivity contribution is -0.133. The molecule has 0 radical (unpaired) electrons. The van der Waals surface area contributed by atoms with E-state index in [1.165, 1.54) is 12.8 Å². The van der Waals surface area contributed by atoms with E-state index in [9.17, 15) is 4.79 Å². The van der Waals surface area contributed by atoms with Crippen molar-refractivity contribution in [2.75, 3.05) is 6.54 Å². The third-order valence-electron chi connectivity index (χ3n) is 4.82. The van der Waals surface area contributed by atoms with E-state index in [0.717, 1.165) is 37.9 Å². The van der Waals surface area contributed by atoms with Crippen molar-refractivity contribution in [1.82, 2.24) is 20.4 Å². The number of nitrogens with one attached hydrogen (secondary N) is 2. The Bertz CT molecular complexity index is 474. The van der Waals surface area contributed by atoms with Crippen LogP contribution in [0.4, 0.5) is 0 Å². The Hall–Kier alpha value is -1.36. The summed E-state index contributed by atoms with van der Waals surface area (Å²) in [6, 6.07) is 1.97. The molecule has 1 saturated heterocycles. The van der Waals surface area contributed by atoms with Crippen LogP contribution in [0.1, 0.15) is 50.4 Å². The maximum Gasteiger partial charge on any atom is 0.244 e. The van der Waals surface area contributed by atoms with Crippen LogP contribution >= 0.6 is 0 Å². The van der Waals surface area contributed by atoms with Gasteiger partial charge in [-0.3, -0.25) is 15.2 Å².